The number of methoxy groups -OCH3 is 1. The third-order valence-electron chi connectivity index (χ3n) is 4.32. The highest BCUT2D eigenvalue weighted by molar-refractivity contribution is 5.64. The molecule has 0 spiro atoms. The van der Waals surface area contributed by atoms with E-state index in [1.807, 2.05) is 7.11 Å². The lowest BCUT2D eigenvalue weighted by atomic mass is 10.00. The highest BCUT2D eigenvalue weighted by Gasteiger charge is 2.30. The quantitative estimate of drug-likeness (QED) is 0.591. The Morgan fingerprint density at radius 3 is 1.93 bits per heavy atom. The zero-order valence-electron chi connectivity index (χ0n) is 16.2. The second-order valence-electron chi connectivity index (χ2n) is 7.22. The molecule has 1 saturated heterocycles. The Kier molecular flexibility index (Phi) is 7.76. The van der Waals surface area contributed by atoms with Gasteiger partial charge in [-0.1, -0.05) is 0 Å². The van der Waals surface area contributed by atoms with Crippen molar-refractivity contribution in [2.75, 3.05) is 20.2 Å². The van der Waals surface area contributed by atoms with Gasteiger partial charge in [-0.3, -0.25) is 35.2 Å². The topological polar surface area (TPSA) is 162 Å². The van der Waals surface area contributed by atoms with E-state index in [1.165, 1.54) is 19.4 Å². The molecule has 1 aromatic rings. The normalized spacial score (nSPS) is 17.4. The highest BCUT2D eigenvalue weighted by Crippen LogP contribution is 2.38. The Hall–Kier alpha value is -2.86. The smallest absolute Gasteiger partial charge is 0.324 e. The minimum absolute atomic E-state index is 0.303. The number of ether oxygens (including phenoxy) is 1. The Labute approximate surface area is 161 Å². The van der Waals surface area contributed by atoms with Crippen molar-refractivity contribution in [3.05, 3.63) is 42.5 Å². The second-order valence-corrected chi connectivity index (χ2v) is 7.22. The first kappa shape index (κ1) is 23.2. The van der Waals surface area contributed by atoms with E-state index in [4.69, 9.17) is 9.84 Å². The van der Waals surface area contributed by atoms with Gasteiger partial charge in [0.2, 0.25) is 0 Å². The summed E-state index contributed by atoms with van der Waals surface area (Å²) in [7, 11) is 1.82. The fourth-order valence-electron chi connectivity index (χ4n) is 2.71. The number of hydrogen-bond acceptors (Lipinski definition) is 9. The second kappa shape index (κ2) is 9.37. The number of phenolic OH excluding ortho intramolecular Hbond substituents is 1. The van der Waals surface area contributed by atoms with Crippen LogP contribution in [-0.2, 0) is 4.74 Å². The van der Waals surface area contributed by atoms with Crippen molar-refractivity contribution in [3.63, 3.8) is 0 Å². The van der Waals surface area contributed by atoms with Gasteiger partial charge in [-0.05, 0) is 40.2 Å². The lowest BCUT2D eigenvalue weighted by Crippen LogP contribution is -2.49. The summed E-state index contributed by atoms with van der Waals surface area (Å²) in [4.78, 5) is 30.3. The van der Waals surface area contributed by atoms with Gasteiger partial charge >= 0.3 is 11.4 Å². The molecular formula is C16H24N4O8. The number of nitrogens with zero attached hydrogens (tertiary/aromatic N) is 4. The van der Waals surface area contributed by atoms with E-state index < -0.39 is 37.6 Å². The van der Waals surface area contributed by atoms with Crippen molar-refractivity contribution in [2.45, 2.75) is 45.3 Å². The number of piperidine rings is 1. The van der Waals surface area contributed by atoms with E-state index in [9.17, 15) is 30.3 Å². The molecule has 0 saturated carbocycles. The van der Waals surface area contributed by atoms with Gasteiger partial charge in [0, 0.05) is 19.2 Å². The molecule has 1 atom stereocenters. The lowest BCUT2D eigenvalue weighted by molar-refractivity contribution is -0.404. The summed E-state index contributed by atoms with van der Waals surface area (Å²) in [6.07, 6.45) is 2.96. The predicted octanol–water partition coefficient (Wildman–Crippen LogP) is 3.01. The summed E-state index contributed by atoms with van der Waals surface area (Å²) in [5.74, 6) is -1.21. The zero-order chi connectivity index (χ0) is 21.6. The van der Waals surface area contributed by atoms with Crippen LogP contribution in [0.4, 0.5) is 17.1 Å². The van der Waals surface area contributed by atoms with Crippen LogP contribution in [0.25, 0.3) is 0 Å². The van der Waals surface area contributed by atoms with E-state index in [2.05, 4.69) is 25.7 Å². The summed E-state index contributed by atoms with van der Waals surface area (Å²) < 4.78 is 5.37. The minimum Gasteiger partial charge on any atom is -0.497 e. The first-order chi connectivity index (χ1) is 12.9. The van der Waals surface area contributed by atoms with Crippen molar-refractivity contribution in [3.8, 4) is 5.75 Å². The molecule has 1 aliphatic heterocycles. The van der Waals surface area contributed by atoms with Crippen LogP contribution in [0, 0.1) is 30.3 Å². The van der Waals surface area contributed by atoms with Crippen LogP contribution in [-0.4, -0.2) is 56.6 Å². The monoisotopic (exact) mass is 400 g/mol. The summed E-state index contributed by atoms with van der Waals surface area (Å²) in [6, 6.07) is 0.894. The van der Waals surface area contributed by atoms with Gasteiger partial charge in [-0.25, -0.2) is 0 Å². The van der Waals surface area contributed by atoms with Crippen LogP contribution in [0.2, 0.25) is 0 Å². The molecule has 0 bridgehead atoms. The van der Waals surface area contributed by atoms with Gasteiger partial charge < -0.3 is 9.84 Å². The van der Waals surface area contributed by atoms with E-state index in [0.717, 1.165) is 6.54 Å². The highest BCUT2D eigenvalue weighted by atomic mass is 16.6. The number of aromatic hydroxyl groups is 1. The van der Waals surface area contributed by atoms with Crippen LogP contribution in [0.5, 0.6) is 5.75 Å². The summed E-state index contributed by atoms with van der Waals surface area (Å²) in [6.45, 7) is 9.13. The molecule has 156 valence electrons. The van der Waals surface area contributed by atoms with Crippen LogP contribution >= 0.6 is 0 Å². The largest absolute Gasteiger partial charge is 0.497 e. The molecule has 0 radical (unpaired) electrons. The molecule has 1 fully saturated rings. The molecule has 0 aromatic heterocycles. The number of likely N-dealkylation sites (tertiary alicyclic amines) is 1. The van der Waals surface area contributed by atoms with Crippen LogP contribution < -0.4 is 0 Å². The van der Waals surface area contributed by atoms with E-state index in [0.29, 0.717) is 23.8 Å². The molecule has 1 N–H and O–H groups in total. The SMILES string of the molecule is COC1CCCN(C(C)(C)C)C1.O=[N+]([O-])c1cc([N+](=O)[O-])c(O)c([N+](=O)[O-])c1. The Balaban J connectivity index is 0.000000292. The Bertz CT molecular complexity index is 712. The van der Waals surface area contributed by atoms with E-state index in [1.54, 1.807) is 0 Å². The van der Waals surface area contributed by atoms with Crippen LogP contribution in [0.3, 0.4) is 0 Å². The number of rotatable bonds is 4. The summed E-state index contributed by atoms with van der Waals surface area (Å²) >= 11 is 0. The Morgan fingerprint density at radius 2 is 1.57 bits per heavy atom. The predicted molar refractivity (Wildman–Crippen MR) is 99.4 cm³/mol. The summed E-state index contributed by atoms with van der Waals surface area (Å²) in [5.41, 5.74) is -2.70. The van der Waals surface area contributed by atoms with Crippen molar-refractivity contribution in [2.24, 2.45) is 0 Å². The first-order valence-electron chi connectivity index (χ1n) is 8.46. The molecule has 1 aromatic carbocycles. The first-order valence-corrected chi connectivity index (χ1v) is 8.46. The number of benzene rings is 1. The van der Waals surface area contributed by atoms with Crippen molar-refractivity contribution >= 4 is 17.1 Å². The van der Waals surface area contributed by atoms with Crippen LogP contribution in [0.1, 0.15) is 33.6 Å². The molecule has 0 amide bonds. The molecule has 12 heteroatoms. The maximum atomic E-state index is 10.4. The molecule has 1 heterocycles. The molecule has 2 rings (SSSR count). The number of nitro groups is 3. The van der Waals surface area contributed by atoms with Gasteiger partial charge in [0.25, 0.3) is 11.4 Å². The molecule has 0 aliphatic carbocycles. The third kappa shape index (κ3) is 6.09. The molecular weight excluding hydrogens is 376 g/mol. The zero-order valence-corrected chi connectivity index (χ0v) is 16.2. The third-order valence-corrected chi connectivity index (χ3v) is 4.32. The fourth-order valence-corrected chi connectivity index (χ4v) is 2.71. The average molecular weight is 400 g/mol. The van der Waals surface area contributed by atoms with Crippen molar-refractivity contribution in [1.29, 1.82) is 0 Å². The number of nitro benzene ring substituents is 3. The van der Waals surface area contributed by atoms with Gasteiger partial charge in [0.15, 0.2) is 0 Å². The summed E-state index contributed by atoms with van der Waals surface area (Å²) in [5, 5.41) is 40.2. The van der Waals surface area contributed by atoms with Crippen LogP contribution in [0.15, 0.2) is 12.1 Å². The van der Waals surface area contributed by atoms with E-state index >= 15 is 0 Å². The maximum absolute atomic E-state index is 10.4. The molecule has 1 aliphatic rings. The molecule has 28 heavy (non-hydrogen) atoms. The molecule has 1 unspecified atom stereocenters. The van der Waals surface area contributed by atoms with Gasteiger partial charge in [0.05, 0.1) is 33.0 Å². The van der Waals surface area contributed by atoms with Crippen molar-refractivity contribution in [1.82, 2.24) is 4.90 Å². The number of phenols is 1. The van der Waals surface area contributed by atoms with Crippen molar-refractivity contribution < 1.29 is 24.6 Å². The minimum atomic E-state index is -1.21. The average Bonchev–Trinajstić information content (AvgIpc) is 2.61. The lowest BCUT2D eigenvalue weighted by Gasteiger charge is -2.41. The standard InChI is InChI=1S/C10H21NO.C6H3N3O7/c1-10(2,3)11-7-5-6-9(8-11)12-4;10-6-4(8(13)14)1-3(7(11)12)2-5(6)9(15)16/h9H,5-8H2,1-4H3;1-2,10H. The van der Waals surface area contributed by atoms with E-state index in [-0.39, 0.29) is 0 Å². The van der Waals surface area contributed by atoms with Gasteiger partial charge in [-0.15, -0.1) is 0 Å². The Morgan fingerprint density at radius 1 is 1.07 bits per heavy atom. The molecule has 12 nitrogen and oxygen atoms in total. The van der Waals surface area contributed by atoms with Gasteiger partial charge in [-0.2, -0.15) is 0 Å². The number of hydrogen-bond donors (Lipinski definition) is 1. The van der Waals surface area contributed by atoms with Gasteiger partial charge in [0.1, 0.15) is 0 Å². The maximum Gasteiger partial charge on any atom is 0.324 e. The number of non-ortho nitro benzene ring substituents is 1. The fraction of sp³-hybridized carbons (Fsp3) is 0.625.